The number of carbonyl (C=O) groups is 1. The van der Waals surface area contributed by atoms with Gasteiger partial charge in [0.15, 0.2) is 0 Å². The van der Waals surface area contributed by atoms with Crippen molar-refractivity contribution in [2.75, 3.05) is 25.0 Å². The quantitative estimate of drug-likeness (QED) is 0.617. The molecule has 0 bridgehead atoms. The first kappa shape index (κ1) is 19.6. The zero-order valence-corrected chi connectivity index (χ0v) is 17.1. The maximum Gasteiger partial charge on any atom is 0.228 e. The lowest BCUT2D eigenvalue weighted by Gasteiger charge is -2.31. The Morgan fingerprint density at radius 1 is 1.17 bits per heavy atom. The van der Waals surface area contributed by atoms with Gasteiger partial charge in [-0.2, -0.15) is 0 Å². The molecule has 2 heterocycles. The Labute approximate surface area is 175 Å². The lowest BCUT2D eigenvalue weighted by Crippen LogP contribution is -2.40. The number of hydrogen-bond acceptors (Lipinski definition) is 4. The normalized spacial score (nSPS) is 17.4. The van der Waals surface area contributed by atoms with Crippen LogP contribution in [0.5, 0.6) is 0 Å². The van der Waals surface area contributed by atoms with E-state index in [1.807, 2.05) is 53.4 Å². The fourth-order valence-corrected chi connectivity index (χ4v) is 4.22. The van der Waals surface area contributed by atoms with Crippen LogP contribution in [0.3, 0.4) is 0 Å². The Hall–Kier alpha value is -2.76. The van der Waals surface area contributed by atoms with E-state index in [1.165, 1.54) is 5.56 Å². The Balaban J connectivity index is 1.30. The summed E-state index contributed by atoms with van der Waals surface area (Å²) in [5.74, 6) is 0.148. The molecule has 1 atom stereocenters. The third-order valence-corrected chi connectivity index (χ3v) is 5.82. The highest BCUT2D eigenvalue weighted by atomic mass is 32.1. The molecule has 1 fully saturated rings. The van der Waals surface area contributed by atoms with Gasteiger partial charge >= 0.3 is 0 Å². The van der Waals surface area contributed by atoms with Crippen molar-refractivity contribution in [3.05, 3.63) is 77.1 Å². The van der Waals surface area contributed by atoms with Crippen molar-refractivity contribution in [2.24, 2.45) is 5.92 Å². The van der Waals surface area contributed by atoms with E-state index in [0.717, 1.165) is 49.4 Å². The predicted octanol–water partition coefficient (Wildman–Crippen LogP) is 5.17. The SMILES string of the molecule is O=C(Nc1ccc(-c2cscn2)cc1)C1CCCN(CC=Cc2ccccc2)C1. The number of carbonyl (C=O) groups excluding carboxylic acids is 1. The zero-order valence-electron chi connectivity index (χ0n) is 16.3. The third-order valence-electron chi connectivity index (χ3n) is 5.23. The average Bonchev–Trinajstić information content (AvgIpc) is 3.30. The monoisotopic (exact) mass is 403 g/mol. The molecule has 0 aliphatic carbocycles. The minimum absolute atomic E-state index is 0.0343. The van der Waals surface area contributed by atoms with Gasteiger partial charge in [-0.25, -0.2) is 4.98 Å². The van der Waals surface area contributed by atoms with Gasteiger partial charge in [-0.1, -0.05) is 54.6 Å². The first-order valence-corrected chi connectivity index (χ1v) is 11.0. The number of hydrogen-bond donors (Lipinski definition) is 1. The van der Waals surface area contributed by atoms with Gasteiger partial charge in [-0.15, -0.1) is 11.3 Å². The number of aromatic nitrogens is 1. The summed E-state index contributed by atoms with van der Waals surface area (Å²) in [7, 11) is 0. The number of amides is 1. The maximum atomic E-state index is 12.8. The number of nitrogens with one attached hydrogen (secondary N) is 1. The topological polar surface area (TPSA) is 45.2 Å². The average molecular weight is 404 g/mol. The largest absolute Gasteiger partial charge is 0.326 e. The van der Waals surface area contributed by atoms with Gasteiger partial charge in [0.1, 0.15) is 0 Å². The molecule has 3 aromatic rings. The van der Waals surface area contributed by atoms with Crippen molar-refractivity contribution in [2.45, 2.75) is 12.8 Å². The number of benzene rings is 2. The molecule has 1 saturated heterocycles. The van der Waals surface area contributed by atoms with Crippen LogP contribution < -0.4 is 5.32 Å². The van der Waals surface area contributed by atoms with Crippen LogP contribution in [0.1, 0.15) is 18.4 Å². The maximum absolute atomic E-state index is 12.8. The number of nitrogens with zero attached hydrogens (tertiary/aromatic N) is 2. The molecule has 1 aliphatic rings. The Kier molecular flexibility index (Phi) is 6.49. The first-order valence-electron chi connectivity index (χ1n) is 10.0. The fourth-order valence-electron chi connectivity index (χ4n) is 3.66. The molecule has 4 nitrogen and oxygen atoms in total. The van der Waals surface area contributed by atoms with Crippen LogP contribution in [0.2, 0.25) is 0 Å². The highest BCUT2D eigenvalue weighted by Gasteiger charge is 2.25. The van der Waals surface area contributed by atoms with E-state index in [2.05, 4.69) is 39.5 Å². The Morgan fingerprint density at radius 2 is 2.00 bits per heavy atom. The molecule has 1 aromatic heterocycles. The molecule has 5 heteroatoms. The number of rotatable bonds is 6. The summed E-state index contributed by atoms with van der Waals surface area (Å²) in [4.78, 5) is 19.4. The molecule has 1 unspecified atom stereocenters. The van der Waals surface area contributed by atoms with E-state index in [-0.39, 0.29) is 11.8 Å². The van der Waals surface area contributed by atoms with E-state index >= 15 is 0 Å². The minimum Gasteiger partial charge on any atom is -0.326 e. The summed E-state index contributed by atoms with van der Waals surface area (Å²) in [5.41, 5.74) is 5.92. The van der Waals surface area contributed by atoms with Crippen molar-refractivity contribution >= 4 is 29.0 Å². The van der Waals surface area contributed by atoms with Crippen LogP contribution in [-0.4, -0.2) is 35.4 Å². The first-order chi connectivity index (χ1) is 14.3. The molecular weight excluding hydrogens is 378 g/mol. The van der Waals surface area contributed by atoms with E-state index < -0.39 is 0 Å². The summed E-state index contributed by atoms with van der Waals surface area (Å²) in [5, 5.41) is 5.11. The molecule has 29 heavy (non-hydrogen) atoms. The second-order valence-corrected chi connectivity index (χ2v) is 8.07. The van der Waals surface area contributed by atoms with Crippen molar-refractivity contribution in [3.8, 4) is 11.3 Å². The number of thiazole rings is 1. The molecule has 0 radical (unpaired) electrons. The van der Waals surface area contributed by atoms with Crippen molar-refractivity contribution in [1.82, 2.24) is 9.88 Å². The third kappa shape index (κ3) is 5.40. The summed E-state index contributed by atoms with van der Waals surface area (Å²) < 4.78 is 0. The van der Waals surface area contributed by atoms with E-state index in [1.54, 1.807) is 11.3 Å². The molecule has 0 spiro atoms. The lowest BCUT2D eigenvalue weighted by molar-refractivity contribution is -0.121. The molecular formula is C24H25N3OS. The van der Waals surface area contributed by atoms with E-state index in [9.17, 15) is 4.79 Å². The molecule has 1 amide bonds. The van der Waals surface area contributed by atoms with Gasteiger partial charge in [-0.3, -0.25) is 9.69 Å². The lowest BCUT2D eigenvalue weighted by atomic mass is 9.97. The van der Waals surface area contributed by atoms with Gasteiger partial charge in [0.25, 0.3) is 0 Å². The van der Waals surface area contributed by atoms with Gasteiger partial charge in [0.05, 0.1) is 17.1 Å². The minimum atomic E-state index is 0.0343. The summed E-state index contributed by atoms with van der Waals surface area (Å²) in [6, 6.07) is 18.2. The summed E-state index contributed by atoms with van der Waals surface area (Å²) in [6.07, 6.45) is 6.34. The standard InChI is InChI=1S/C24H25N3OS/c28-24(26-22-12-10-20(11-13-22)23-17-29-18-25-23)21-9-5-15-27(16-21)14-4-8-19-6-2-1-3-7-19/h1-4,6-8,10-13,17-18,21H,5,9,14-16H2,(H,26,28). The summed E-state index contributed by atoms with van der Waals surface area (Å²) in [6.45, 7) is 2.73. The number of piperidine rings is 1. The second kappa shape index (κ2) is 9.63. The van der Waals surface area contributed by atoms with Crippen molar-refractivity contribution in [3.63, 3.8) is 0 Å². The van der Waals surface area contributed by atoms with Crippen LogP contribution in [0.25, 0.3) is 17.3 Å². The predicted molar refractivity (Wildman–Crippen MR) is 121 cm³/mol. The van der Waals surface area contributed by atoms with Crippen LogP contribution >= 0.6 is 11.3 Å². The fraction of sp³-hybridized carbons (Fsp3) is 0.250. The molecule has 1 N–H and O–H groups in total. The van der Waals surface area contributed by atoms with E-state index in [0.29, 0.717) is 0 Å². The summed E-state index contributed by atoms with van der Waals surface area (Å²) >= 11 is 1.58. The van der Waals surface area contributed by atoms with Gasteiger partial charge in [0, 0.05) is 29.7 Å². The van der Waals surface area contributed by atoms with Gasteiger partial charge in [0.2, 0.25) is 5.91 Å². The molecule has 0 saturated carbocycles. The Bertz CT molecular complexity index is 936. The Morgan fingerprint density at radius 3 is 2.76 bits per heavy atom. The van der Waals surface area contributed by atoms with Gasteiger partial charge in [-0.05, 0) is 37.1 Å². The molecule has 1 aliphatic heterocycles. The zero-order chi connectivity index (χ0) is 19.9. The van der Waals surface area contributed by atoms with Crippen LogP contribution in [0.15, 0.2) is 71.6 Å². The second-order valence-electron chi connectivity index (χ2n) is 7.35. The van der Waals surface area contributed by atoms with Crippen LogP contribution in [0, 0.1) is 5.92 Å². The molecule has 2 aromatic carbocycles. The van der Waals surface area contributed by atoms with Crippen LogP contribution in [-0.2, 0) is 4.79 Å². The molecule has 4 rings (SSSR count). The highest BCUT2D eigenvalue weighted by molar-refractivity contribution is 7.07. The smallest absolute Gasteiger partial charge is 0.228 e. The van der Waals surface area contributed by atoms with Crippen LogP contribution in [0.4, 0.5) is 5.69 Å². The number of likely N-dealkylation sites (tertiary alicyclic amines) is 1. The van der Waals surface area contributed by atoms with E-state index in [4.69, 9.17) is 0 Å². The highest BCUT2D eigenvalue weighted by Crippen LogP contribution is 2.23. The molecule has 148 valence electrons. The number of anilines is 1. The van der Waals surface area contributed by atoms with Gasteiger partial charge < -0.3 is 5.32 Å². The van der Waals surface area contributed by atoms with Crippen molar-refractivity contribution in [1.29, 1.82) is 0 Å². The van der Waals surface area contributed by atoms with Crippen molar-refractivity contribution < 1.29 is 4.79 Å².